The van der Waals surface area contributed by atoms with Crippen LogP contribution in [0.5, 0.6) is 0 Å². The second kappa shape index (κ2) is 5.45. The van der Waals surface area contributed by atoms with Crippen LogP contribution in [0.25, 0.3) is 5.69 Å². The van der Waals surface area contributed by atoms with Crippen molar-refractivity contribution in [3.05, 3.63) is 75.5 Å². The van der Waals surface area contributed by atoms with Crippen LogP contribution in [-0.2, 0) is 0 Å². The van der Waals surface area contributed by atoms with Crippen molar-refractivity contribution in [1.29, 1.82) is 0 Å². The van der Waals surface area contributed by atoms with E-state index in [1.807, 2.05) is 24.3 Å². The molecule has 0 fully saturated rings. The lowest BCUT2D eigenvalue weighted by molar-refractivity contribution is 0.181. The zero-order chi connectivity index (χ0) is 16.0. The van der Waals surface area contributed by atoms with Gasteiger partial charge in [-0.25, -0.2) is 9.67 Å². The number of aliphatic hydroxyl groups excluding tert-OH is 1. The molecule has 1 N–H and O–H groups in total. The number of hydrogen-bond donors (Lipinski definition) is 1. The maximum atomic E-state index is 10.4. The first-order chi connectivity index (χ1) is 11.1. The molecule has 1 unspecified atom stereocenters. The summed E-state index contributed by atoms with van der Waals surface area (Å²) in [5.74, 6) is 0. The van der Waals surface area contributed by atoms with Crippen molar-refractivity contribution < 1.29 is 5.11 Å². The van der Waals surface area contributed by atoms with Gasteiger partial charge in [0, 0.05) is 21.2 Å². The molecule has 1 atom stereocenters. The van der Waals surface area contributed by atoms with Crippen LogP contribution in [0.1, 0.15) is 23.0 Å². The summed E-state index contributed by atoms with van der Waals surface area (Å²) >= 11 is 12.5. The molecule has 0 amide bonds. The van der Waals surface area contributed by atoms with Crippen molar-refractivity contribution >= 4 is 28.9 Å². The van der Waals surface area contributed by atoms with E-state index in [0.29, 0.717) is 21.5 Å². The summed E-state index contributed by atoms with van der Waals surface area (Å²) in [6, 6.07) is 12.7. The Bertz CT molecular complexity index is 935. The average molecular weight is 345 g/mol. The third kappa shape index (κ3) is 2.34. The van der Waals surface area contributed by atoms with E-state index in [-0.39, 0.29) is 0 Å². The van der Waals surface area contributed by atoms with Crippen LogP contribution >= 0.6 is 23.2 Å². The topological polar surface area (TPSA) is 63.3 Å². The first kappa shape index (κ1) is 14.4. The van der Waals surface area contributed by atoms with Gasteiger partial charge in [0.05, 0.1) is 17.6 Å². The van der Waals surface area contributed by atoms with Crippen LogP contribution < -0.4 is 0 Å². The monoisotopic (exact) mass is 344 g/mol. The van der Waals surface area contributed by atoms with Crippen molar-refractivity contribution in [3.63, 3.8) is 0 Å². The highest BCUT2D eigenvalue weighted by atomic mass is 35.5. The van der Waals surface area contributed by atoms with Crippen LogP contribution in [-0.4, -0.2) is 25.8 Å². The van der Waals surface area contributed by atoms with Crippen molar-refractivity contribution in [2.45, 2.75) is 6.23 Å². The van der Waals surface area contributed by atoms with Crippen molar-refractivity contribution in [2.24, 2.45) is 4.99 Å². The van der Waals surface area contributed by atoms with E-state index < -0.39 is 6.23 Å². The van der Waals surface area contributed by atoms with Gasteiger partial charge < -0.3 is 5.11 Å². The summed E-state index contributed by atoms with van der Waals surface area (Å²) < 4.78 is 1.56. The fourth-order valence-corrected chi connectivity index (χ4v) is 3.01. The molecule has 2 heterocycles. The molecule has 4 rings (SSSR count). The number of aliphatic hydroxyl groups is 1. The largest absolute Gasteiger partial charge is 0.367 e. The molecule has 2 aromatic carbocycles. The fourth-order valence-electron chi connectivity index (χ4n) is 2.61. The van der Waals surface area contributed by atoms with Crippen LogP contribution in [0.4, 0.5) is 0 Å². The third-order valence-electron chi connectivity index (χ3n) is 3.66. The minimum Gasteiger partial charge on any atom is -0.367 e. The summed E-state index contributed by atoms with van der Waals surface area (Å²) in [5.41, 5.74) is 3.23. The molecule has 0 saturated carbocycles. The smallest absolute Gasteiger partial charge is 0.190 e. The first-order valence-corrected chi connectivity index (χ1v) is 7.62. The quantitative estimate of drug-likeness (QED) is 0.735. The Morgan fingerprint density at radius 3 is 2.70 bits per heavy atom. The number of fused-ring (bicyclic) bond motifs is 3. The van der Waals surface area contributed by atoms with Gasteiger partial charge in [0.25, 0.3) is 0 Å². The Labute approximate surface area is 141 Å². The van der Waals surface area contributed by atoms with Crippen molar-refractivity contribution in [3.8, 4) is 5.69 Å². The van der Waals surface area contributed by atoms with E-state index in [4.69, 9.17) is 23.2 Å². The number of benzene rings is 2. The maximum Gasteiger partial charge on any atom is 0.190 e. The molecule has 0 spiro atoms. The minimum atomic E-state index is -1.09. The highest BCUT2D eigenvalue weighted by Gasteiger charge is 2.25. The van der Waals surface area contributed by atoms with E-state index in [2.05, 4.69) is 15.3 Å². The molecular formula is C16H10Cl2N4O. The summed E-state index contributed by atoms with van der Waals surface area (Å²) in [5, 5.41) is 19.4. The molecule has 114 valence electrons. The Morgan fingerprint density at radius 2 is 1.87 bits per heavy atom. The second-order valence-electron chi connectivity index (χ2n) is 5.06. The van der Waals surface area contributed by atoms with E-state index in [1.165, 1.54) is 6.20 Å². The summed E-state index contributed by atoms with van der Waals surface area (Å²) in [6.45, 7) is 0. The lowest BCUT2D eigenvalue weighted by atomic mass is 10.0. The molecule has 0 saturated heterocycles. The van der Waals surface area contributed by atoms with Gasteiger partial charge >= 0.3 is 0 Å². The molecule has 1 aliphatic rings. The fraction of sp³-hybridized carbons (Fsp3) is 0.0625. The van der Waals surface area contributed by atoms with Crippen LogP contribution in [0.15, 0.2) is 53.7 Å². The SMILES string of the molecule is OC1N=C(c2ccccc2Cl)c2cc(Cl)ccc2-n2nncc21. The van der Waals surface area contributed by atoms with Crippen LogP contribution in [0.3, 0.4) is 0 Å². The van der Waals surface area contributed by atoms with E-state index >= 15 is 0 Å². The molecule has 1 aliphatic heterocycles. The number of aliphatic imine (C=N–C) groups is 1. The maximum absolute atomic E-state index is 10.4. The van der Waals surface area contributed by atoms with E-state index in [0.717, 1.165) is 16.8 Å². The Kier molecular flexibility index (Phi) is 3.41. The molecule has 3 aromatic rings. The third-order valence-corrected chi connectivity index (χ3v) is 4.23. The van der Waals surface area contributed by atoms with Gasteiger partial charge in [-0.15, -0.1) is 5.10 Å². The summed E-state index contributed by atoms with van der Waals surface area (Å²) in [7, 11) is 0. The number of hydrogen-bond acceptors (Lipinski definition) is 4. The normalized spacial score (nSPS) is 16.3. The number of nitrogens with zero attached hydrogens (tertiary/aromatic N) is 4. The number of rotatable bonds is 1. The van der Waals surface area contributed by atoms with Gasteiger partial charge in [0.15, 0.2) is 6.23 Å². The minimum absolute atomic E-state index is 0.482. The standard InChI is InChI=1S/C16H10Cl2N4O/c17-9-5-6-13-11(7-9)15(10-3-1-2-4-12(10)18)20-16(23)14-8-19-21-22(13)14/h1-8,16,23H. The molecule has 0 bridgehead atoms. The second-order valence-corrected chi connectivity index (χ2v) is 5.91. The first-order valence-electron chi connectivity index (χ1n) is 6.87. The molecule has 0 aliphatic carbocycles. The summed E-state index contributed by atoms with van der Waals surface area (Å²) in [4.78, 5) is 4.43. The van der Waals surface area contributed by atoms with Crippen molar-refractivity contribution in [2.75, 3.05) is 0 Å². The average Bonchev–Trinajstić information content (AvgIpc) is 2.99. The summed E-state index contributed by atoms with van der Waals surface area (Å²) in [6.07, 6.45) is 0.393. The van der Waals surface area contributed by atoms with Gasteiger partial charge in [-0.05, 0) is 24.3 Å². The van der Waals surface area contributed by atoms with E-state index in [1.54, 1.807) is 22.9 Å². The molecule has 1 aromatic heterocycles. The number of halogens is 2. The van der Waals surface area contributed by atoms with Crippen molar-refractivity contribution in [1.82, 2.24) is 15.0 Å². The Morgan fingerprint density at radius 1 is 1.04 bits per heavy atom. The van der Waals surface area contributed by atoms with Gasteiger partial charge in [-0.2, -0.15) is 0 Å². The predicted molar refractivity (Wildman–Crippen MR) is 88.4 cm³/mol. The highest BCUT2D eigenvalue weighted by Crippen LogP contribution is 2.31. The molecule has 7 heteroatoms. The lowest BCUT2D eigenvalue weighted by Crippen LogP contribution is -2.08. The zero-order valence-electron chi connectivity index (χ0n) is 11.7. The van der Waals surface area contributed by atoms with Gasteiger partial charge in [-0.1, -0.05) is 46.6 Å². The van der Waals surface area contributed by atoms with Gasteiger partial charge in [0.2, 0.25) is 0 Å². The van der Waals surface area contributed by atoms with Crippen LogP contribution in [0.2, 0.25) is 10.0 Å². The van der Waals surface area contributed by atoms with Crippen LogP contribution in [0, 0.1) is 0 Å². The Hall–Kier alpha value is -2.21. The molecule has 0 radical (unpaired) electrons. The molecular weight excluding hydrogens is 335 g/mol. The number of aromatic nitrogens is 3. The highest BCUT2D eigenvalue weighted by molar-refractivity contribution is 6.36. The molecule has 23 heavy (non-hydrogen) atoms. The van der Waals surface area contributed by atoms with Gasteiger partial charge in [-0.3, -0.25) is 0 Å². The molecule has 5 nitrogen and oxygen atoms in total. The Balaban J connectivity index is 2.05. The van der Waals surface area contributed by atoms with Gasteiger partial charge in [0.1, 0.15) is 5.69 Å². The zero-order valence-corrected chi connectivity index (χ0v) is 13.2. The van der Waals surface area contributed by atoms with E-state index in [9.17, 15) is 5.11 Å². The predicted octanol–water partition coefficient (Wildman–Crippen LogP) is 3.42. The lowest BCUT2D eigenvalue weighted by Gasteiger charge is -2.12.